The number of hydrogen-bond acceptors (Lipinski definition) is 5. The standard InChI is InChI=1S/C36H33ClN2O3/c37-33-20-25(22-36(42)29-8-7-26-2-1-3-28(26)23-29)6-15-34(33)38-30-11-4-24(5-12-30)21-35(41)27-9-13-31(14-10-27)39-18-16-32(40)17-19-39/h1,3-15,20,23,32,38,40H,2,16-19,21-22H2. The van der Waals surface area contributed by atoms with Gasteiger partial charge in [-0.15, -0.1) is 0 Å². The number of aliphatic hydroxyl groups excluding tert-OH is 1. The summed E-state index contributed by atoms with van der Waals surface area (Å²) in [5.41, 5.74) is 8.28. The lowest BCUT2D eigenvalue weighted by atomic mass is 9.99. The molecule has 2 aliphatic rings. The molecule has 6 heteroatoms. The van der Waals surface area contributed by atoms with Gasteiger partial charge in [-0.3, -0.25) is 9.59 Å². The van der Waals surface area contributed by atoms with Crippen molar-refractivity contribution >= 4 is 46.3 Å². The zero-order valence-corrected chi connectivity index (χ0v) is 24.1. The van der Waals surface area contributed by atoms with Gasteiger partial charge < -0.3 is 15.3 Å². The molecule has 42 heavy (non-hydrogen) atoms. The summed E-state index contributed by atoms with van der Waals surface area (Å²) in [6.07, 6.45) is 7.06. The highest BCUT2D eigenvalue weighted by Crippen LogP contribution is 2.28. The fourth-order valence-electron chi connectivity index (χ4n) is 5.61. The van der Waals surface area contributed by atoms with Crippen molar-refractivity contribution in [1.29, 1.82) is 0 Å². The molecule has 4 aromatic carbocycles. The minimum Gasteiger partial charge on any atom is -0.393 e. The summed E-state index contributed by atoms with van der Waals surface area (Å²) in [7, 11) is 0. The molecular formula is C36H33ClN2O3. The second-order valence-corrected chi connectivity index (χ2v) is 11.5. The van der Waals surface area contributed by atoms with Crippen LogP contribution in [0.3, 0.4) is 0 Å². The molecule has 0 amide bonds. The number of fused-ring (bicyclic) bond motifs is 1. The highest BCUT2D eigenvalue weighted by atomic mass is 35.5. The number of allylic oxidation sites excluding steroid dienone is 1. The van der Waals surface area contributed by atoms with E-state index >= 15 is 0 Å². The van der Waals surface area contributed by atoms with E-state index in [1.165, 1.54) is 5.56 Å². The molecular weight excluding hydrogens is 544 g/mol. The first kappa shape index (κ1) is 28.0. The first-order valence-electron chi connectivity index (χ1n) is 14.4. The minimum atomic E-state index is -0.206. The Morgan fingerprint density at radius 3 is 2.21 bits per heavy atom. The van der Waals surface area contributed by atoms with E-state index in [-0.39, 0.29) is 24.1 Å². The molecule has 0 radical (unpaired) electrons. The SMILES string of the molecule is O=C(Cc1ccc(Nc2ccc(CC(=O)c3ccc4c(c3)C=CC4)cc2Cl)cc1)c1ccc(N2CCC(O)CC2)cc1. The third-order valence-corrected chi connectivity index (χ3v) is 8.43. The number of benzene rings is 4. The first-order chi connectivity index (χ1) is 20.4. The number of aliphatic hydroxyl groups is 1. The van der Waals surface area contributed by atoms with Crippen molar-refractivity contribution in [2.45, 2.75) is 38.2 Å². The number of piperidine rings is 1. The minimum absolute atomic E-state index is 0.0682. The largest absolute Gasteiger partial charge is 0.393 e. The van der Waals surface area contributed by atoms with Crippen LogP contribution in [0.5, 0.6) is 0 Å². The Balaban J connectivity index is 1.03. The van der Waals surface area contributed by atoms with E-state index < -0.39 is 0 Å². The lowest BCUT2D eigenvalue weighted by molar-refractivity contribution is 0.0984. The van der Waals surface area contributed by atoms with Gasteiger partial charge in [0.05, 0.1) is 16.8 Å². The van der Waals surface area contributed by atoms with Gasteiger partial charge in [-0.25, -0.2) is 0 Å². The van der Waals surface area contributed by atoms with Crippen molar-refractivity contribution in [1.82, 2.24) is 0 Å². The normalized spacial score (nSPS) is 14.6. The van der Waals surface area contributed by atoms with Gasteiger partial charge >= 0.3 is 0 Å². The summed E-state index contributed by atoms with van der Waals surface area (Å²) < 4.78 is 0. The highest BCUT2D eigenvalue weighted by Gasteiger charge is 2.18. The molecule has 1 heterocycles. The second-order valence-electron chi connectivity index (χ2n) is 11.1. The fourth-order valence-corrected chi connectivity index (χ4v) is 5.86. The quantitative estimate of drug-likeness (QED) is 0.202. The zero-order valence-electron chi connectivity index (χ0n) is 23.4. The third kappa shape index (κ3) is 6.48. The molecule has 0 bridgehead atoms. The molecule has 4 aromatic rings. The second kappa shape index (κ2) is 12.4. The topological polar surface area (TPSA) is 69.6 Å². The van der Waals surface area contributed by atoms with E-state index in [0.717, 1.165) is 66.1 Å². The van der Waals surface area contributed by atoms with Crippen LogP contribution >= 0.6 is 11.6 Å². The molecule has 1 aliphatic heterocycles. The predicted octanol–water partition coefficient (Wildman–Crippen LogP) is 7.46. The van der Waals surface area contributed by atoms with E-state index in [1.807, 2.05) is 84.9 Å². The Morgan fingerprint density at radius 1 is 0.810 bits per heavy atom. The lowest BCUT2D eigenvalue weighted by Gasteiger charge is -2.31. The monoisotopic (exact) mass is 576 g/mol. The first-order valence-corrected chi connectivity index (χ1v) is 14.8. The van der Waals surface area contributed by atoms with Crippen LogP contribution in [-0.2, 0) is 19.3 Å². The average molecular weight is 577 g/mol. The molecule has 0 spiro atoms. The van der Waals surface area contributed by atoms with E-state index in [0.29, 0.717) is 22.6 Å². The van der Waals surface area contributed by atoms with Gasteiger partial charge in [-0.2, -0.15) is 0 Å². The van der Waals surface area contributed by atoms with Gasteiger partial charge in [0, 0.05) is 48.4 Å². The fraction of sp³-hybridized carbons (Fsp3) is 0.222. The van der Waals surface area contributed by atoms with E-state index in [9.17, 15) is 14.7 Å². The van der Waals surface area contributed by atoms with Crippen LogP contribution in [0.4, 0.5) is 17.1 Å². The molecule has 2 N–H and O–H groups in total. The van der Waals surface area contributed by atoms with Crippen molar-refractivity contribution in [3.8, 4) is 0 Å². The summed E-state index contributed by atoms with van der Waals surface area (Å²) >= 11 is 6.58. The smallest absolute Gasteiger partial charge is 0.167 e. The van der Waals surface area contributed by atoms with Gasteiger partial charge in [0.15, 0.2) is 11.6 Å². The molecule has 1 aliphatic carbocycles. The Morgan fingerprint density at radius 2 is 1.48 bits per heavy atom. The Kier molecular flexibility index (Phi) is 8.22. The van der Waals surface area contributed by atoms with Crippen LogP contribution in [0.1, 0.15) is 55.8 Å². The van der Waals surface area contributed by atoms with Crippen LogP contribution in [0.25, 0.3) is 6.08 Å². The number of carbonyl (C=O) groups excluding carboxylic acids is 2. The number of halogens is 1. The molecule has 0 aromatic heterocycles. The van der Waals surface area contributed by atoms with Gasteiger partial charge in [-0.1, -0.05) is 54.1 Å². The van der Waals surface area contributed by atoms with Gasteiger partial charge in [-0.05, 0) is 96.1 Å². The van der Waals surface area contributed by atoms with Crippen molar-refractivity contribution in [2.75, 3.05) is 23.3 Å². The van der Waals surface area contributed by atoms with Crippen molar-refractivity contribution in [3.05, 3.63) is 129 Å². The summed E-state index contributed by atoms with van der Waals surface area (Å²) in [6, 6.07) is 27.1. The summed E-state index contributed by atoms with van der Waals surface area (Å²) in [6.45, 7) is 1.66. The van der Waals surface area contributed by atoms with Gasteiger partial charge in [0.1, 0.15) is 0 Å². The molecule has 0 saturated carbocycles. The Bertz CT molecular complexity index is 1640. The third-order valence-electron chi connectivity index (χ3n) is 8.12. The number of nitrogens with one attached hydrogen (secondary N) is 1. The van der Waals surface area contributed by atoms with E-state index in [1.54, 1.807) is 0 Å². The maximum Gasteiger partial charge on any atom is 0.167 e. The van der Waals surface area contributed by atoms with E-state index in [2.05, 4.69) is 22.4 Å². The Hall–Kier alpha value is -4.19. The molecule has 1 saturated heterocycles. The highest BCUT2D eigenvalue weighted by molar-refractivity contribution is 6.33. The molecule has 0 atom stereocenters. The summed E-state index contributed by atoms with van der Waals surface area (Å²) in [5, 5.41) is 13.6. The van der Waals surface area contributed by atoms with Crippen LogP contribution in [-0.4, -0.2) is 35.9 Å². The van der Waals surface area contributed by atoms with Crippen LogP contribution in [0.2, 0.25) is 5.02 Å². The number of rotatable bonds is 9. The number of Topliss-reactive ketones (excluding diaryl/α,β-unsaturated/α-hetero) is 2. The lowest BCUT2D eigenvalue weighted by Crippen LogP contribution is -2.35. The van der Waals surface area contributed by atoms with E-state index in [4.69, 9.17) is 11.6 Å². The van der Waals surface area contributed by atoms with Crippen molar-refractivity contribution < 1.29 is 14.7 Å². The maximum absolute atomic E-state index is 12.9. The number of ketones is 2. The van der Waals surface area contributed by atoms with Gasteiger partial charge in [0.2, 0.25) is 0 Å². The number of carbonyl (C=O) groups is 2. The van der Waals surface area contributed by atoms with Crippen LogP contribution in [0, 0.1) is 0 Å². The van der Waals surface area contributed by atoms with Crippen LogP contribution < -0.4 is 10.2 Å². The zero-order chi connectivity index (χ0) is 29.1. The molecule has 5 nitrogen and oxygen atoms in total. The van der Waals surface area contributed by atoms with Crippen molar-refractivity contribution in [2.24, 2.45) is 0 Å². The van der Waals surface area contributed by atoms with Crippen LogP contribution in [0.15, 0.2) is 91.0 Å². The Labute approximate surface area is 251 Å². The maximum atomic E-state index is 12.9. The van der Waals surface area contributed by atoms with Gasteiger partial charge in [0.25, 0.3) is 0 Å². The molecule has 0 unspecified atom stereocenters. The molecule has 6 rings (SSSR count). The molecule has 212 valence electrons. The predicted molar refractivity (Wildman–Crippen MR) is 170 cm³/mol. The summed E-state index contributed by atoms with van der Waals surface area (Å²) in [5.74, 6) is 0.138. The average Bonchev–Trinajstić information content (AvgIpc) is 3.48. The molecule has 1 fully saturated rings. The van der Waals surface area contributed by atoms with Crippen molar-refractivity contribution in [3.63, 3.8) is 0 Å². The summed E-state index contributed by atoms with van der Waals surface area (Å²) in [4.78, 5) is 28.0. The number of nitrogens with zero attached hydrogens (tertiary/aromatic N) is 1. The number of hydrogen-bond donors (Lipinski definition) is 2. The number of anilines is 3.